The van der Waals surface area contributed by atoms with Gasteiger partial charge in [0.15, 0.2) is 0 Å². The second-order valence-electron chi connectivity index (χ2n) is 12.0. The SMILES string of the molecule is COCCCn1c(C2CCCN(C(=O)CCCc3ccc(-c4ccc(NC(C)CO)nc4)cc3)C2)c(C)c2cccc(F)c21. The van der Waals surface area contributed by atoms with E-state index in [1.54, 1.807) is 13.2 Å². The van der Waals surface area contributed by atoms with E-state index in [2.05, 4.69) is 46.1 Å². The molecule has 44 heavy (non-hydrogen) atoms. The summed E-state index contributed by atoms with van der Waals surface area (Å²) in [6, 6.07) is 17.7. The predicted octanol–water partition coefficient (Wildman–Crippen LogP) is 6.71. The molecule has 1 fully saturated rings. The second-order valence-corrected chi connectivity index (χ2v) is 12.0. The Balaban J connectivity index is 1.18. The van der Waals surface area contributed by atoms with Crippen molar-refractivity contribution < 1.29 is 19.0 Å². The van der Waals surface area contributed by atoms with Crippen LogP contribution in [0.15, 0.2) is 60.8 Å². The highest BCUT2D eigenvalue weighted by Gasteiger charge is 2.29. The number of likely N-dealkylation sites (tertiary alicyclic amines) is 1. The summed E-state index contributed by atoms with van der Waals surface area (Å²) >= 11 is 0. The van der Waals surface area contributed by atoms with Crippen molar-refractivity contribution in [2.45, 2.75) is 70.9 Å². The van der Waals surface area contributed by atoms with E-state index in [1.807, 2.05) is 36.2 Å². The number of para-hydroxylation sites is 1. The molecule has 2 unspecified atom stereocenters. The maximum atomic E-state index is 15.0. The number of ether oxygens (including phenoxy) is 1. The molecule has 1 aliphatic rings. The normalized spacial score (nSPS) is 15.9. The zero-order chi connectivity index (χ0) is 31.1. The van der Waals surface area contributed by atoms with Gasteiger partial charge < -0.3 is 24.6 Å². The minimum absolute atomic E-state index is 0.0462. The van der Waals surface area contributed by atoms with Gasteiger partial charge in [-0.2, -0.15) is 0 Å². The van der Waals surface area contributed by atoms with Crippen molar-refractivity contribution in [3.8, 4) is 11.1 Å². The molecule has 1 aliphatic heterocycles. The summed E-state index contributed by atoms with van der Waals surface area (Å²) in [5, 5.41) is 13.3. The number of nitrogens with one attached hydrogen (secondary N) is 1. The molecule has 0 spiro atoms. The van der Waals surface area contributed by atoms with E-state index in [9.17, 15) is 9.90 Å². The molecule has 0 radical (unpaired) electrons. The molecule has 0 saturated carbocycles. The molecule has 1 amide bonds. The number of halogens is 1. The highest BCUT2D eigenvalue weighted by Crippen LogP contribution is 2.37. The number of carbonyl (C=O) groups excluding carboxylic acids is 1. The van der Waals surface area contributed by atoms with Crippen molar-refractivity contribution in [3.05, 3.63) is 83.4 Å². The van der Waals surface area contributed by atoms with Crippen LogP contribution in [0.3, 0.4) is 0 Å². The molecule has 1 saturated heterocycles. The quantitative estimate of drug-likeness (QED) is 0.167. The van der Waals surface area contributed by atoms with Gasteiger partial charge in [-0.3, -0.25) is 4.79 Å². The molecule has 2 atom stereocenters. The zero-order valence-electron chi connectivity index (χ0n) is 26.2. The highest BCUT2D eigenvalue weighted by molar-refractivity contribution is 5.86. The lowest BCUT2D eigenvalue weighted by Gasteiger charge is -2.34. The van der Waals surface area contributed by atoms with Crippen LogP contribution < -0.4 is 5.32 Å². The molecule has 234 valence electrons. The monoisotopic (exact) mass is 600 g/mol. The zero-order valence-corrected chi connectivity index (χ0v) is 26.2. The number of aryl methyl sites for hydroxylation is 3. The first-order valence-corrected chi connectivity index (χ1v) is 15.9. The van der Waals surface area contributed by atoms with Gasteiger partial charge in [0.25, 0.3) is 0 Å². The second kappa shape index (κ2) is 14.8. The van der Waals surface area contributed by atoms with Crippen LogP contribution in [0.5, 0.6) is 0 Å². The van der Waals surface area contributed by atoms with Crippen molar-refractivity contribution in [2.24, 2.45) is 0 Å². The topological polar surface area (TPSA) is 79.6 Å². The number of rotatable bonds is 13. The smallest absolute Gasteiger partial charge is 0.222 e. The minimum atomic E-state index is -0.193. The van der Waals surface area contributed by atoms with Crippen LogP contribution in [-0.2, 0) is 22.5 Å². The molecule has 2 aromatic heterocycles. The number of amides is 1. The Morgan fingerprint density at radius 1 is 1.14 bits per heavy atom. The van der Waals surface area contributed by atoms with Crippen molar-refractivity contribution in [1.82, 2.24) is 14.5 Å². The van der Waals surface area contributed by atoms with E-state index >= 15 is 4.39 Å². The third-order valence-electron chi connectivity index (χ3n) is 8.80. The van der Waals surface area contributed by atoms with Gasteiger partial charge in [0, 0.05) is 74.6 Å². The first-order chi connectivity index (χ1) is 21.4. The third kappa shape index (κ3) is 7.30. The fourth-order valence-electron chi connectivity index (χ4n) is 6.52. The van der Waals surface area contributed by atoms with Crippen molar-refractivity contribution >= 4 is 22.6 Å². The summed E-state index contributed by atoms with van der Waals surface area (Å²) in [5.74, 6) is 0.937. The van der Waals surface area contributed by atoms with Gasteiger partial charge in [0.05, 0.1) is 12.1 Å². The molecule has 7 nitrogen and oxygen atoms in total. The first-order valence-electron chi connectivity index (χ1n) is 15.9. The molecule has 3 heterocycles. The number of pyridine rings is 1. The van der Waals surface area contributed by atoms with Crippen molar-refractivity contribution in [3.63, 3.8) is 0 Å². The maximum absolute atomic E-state index is 15.0. The molecule has 2 aromatic carbocycles. The number of aromatic nitrogens is 2. The predicted molar refractivity (Wildman–Crippen MR) is 174 cm³/mol. The fraction of sp³-hybridized carbons (Fsp3) is 0.444. The third-order valence-corrected chi connectivity index (χ3v) is 8.80. The Hall–Kier alpha value is -3.75. The summed E-state index contributed by atoms with van der Waals surface area (Å²) in [4.78, 5) is 19.8. The number of aliphatic hydroxyl groups excluding tert-OH is 1. The van der Waals surface area contributed by atoms with Crippen LogP contribution in [0, 0.1) is 12.7 Å². The number of benzene rings is 2. The molecule has 0 aliphatic carbocycles. The van der Waals surface area contributed by atoms with Crippen LogP contribution in [0.2, 0.25) is 0 Å². The number of nitrogens with zero attached hydrogens (tertiary/aromatic N) is 3. The van der Waals surface area contributed by atoms with Crippen molar-refractivity contribution in [2.75, 3.05) is 38.7 Å². The lowest BCUT2D eigenvalue weighted by Crippen LogP contribution is -2.39. The lowest BCUT2D eigenvalue weighted by atomic mass is 9.91. The average Bonchev–Trinajstić information content (AvgIpc) is 3.34. The number of fused-ring (bicyclic) bond motifs is 1. The number of methoxy groups -OCH3 is 1. The van der Waals surface area contributed by atoms with Gasteiger partial charge >= 0.3 is 0 Å². The number of hydrogen-bond acceptors (Lipinski definition) is 5. The van der Waals surface area contributed by atoms with Gasteiger partial charge in [-0.1, -0.05) is 36.4 Å². The first kappa shape index (κ1) is 31.7. The summed E-state index contributed by atoms with van der Waals surface area (Å²) in [6.45, 7) is 6.83. The molecule has 2 N–H and O–H groups in total. The lowest BCUT2D eigenvalue weighted by molar-refractivity contribution is -0.132. The number of aliphatic hydroxyl groups is 1. The van der Waals surface area contributed by atoms with E-state index in [4.69, 9.17) is 4.74 Å². The summed E-state index contributed by atoms with van der Waals surface area (Å²) in [5.41, 5.74) is 6.29. The van der Waals surface area contributed by atoms with Crippen LogP contribution in [0.1, 0.15) is 61.8 Å². The van der Waals surface area contributed by atoms with Gasteiger partial charge in [-0.05, 0) is 80.8 Å². The Morgan fingerprint density at radius 2 is 1.93 bits per heavy atom. The summed E-state index contributed by atoms with van der Waals surface area (Å²) < 4.78 is 22.5. The fourth-order valence-corrected chi connectivity index (χ4v) is 6.52. The van der Waals surface area contributed by atoms with E-state index in [-0.39, 0.29) is 30.3 Å². The van der Waals surface area contributed by atoms with Crippen molar-refractivity contribution in [1.29, 1.82) is 0 Å². The van der Waals surface area contributed by atoms with Crippen LogP contribution in [-0.4, -0.2) is 64.9 Å². The largest absolute Gasteiger partial charge is 0.394 e. The van der Waals surface area contributed by atoms with Gasteiger partial charge in [-0.25, -0.2) is 9.37 Å². The van der Waals surface area contributed by atoms with Crippen LogP contribution in [0.25, 0.3) is 22.0 Å². The summed E-state index contributed by atoms with van der Waals surface area (Å²) in [7, 11) is 1.69. The standard InChI is InChI=1S/C36H45FN4O3/c1-25(24-42)39-33-18-17-29(22-38-33)28-15-13-27(14-16-28)8-4-12-34(43)40-19-6-9-30(23-40)35-26(2)31-10-5-11-32(37)36(31)41(35)20-7-21-44-3/h5,10-11,13-18,22,25,30,42H,4,6-9,12,19-21,23-24H2,1-3H3,(H,38,39). The number of carbonyl (C=O) groups is 1. The molecular weight excluding hydrogens is 555 g/mol. The number of piperidine rings is 1. The summed E-state index contributed by atoms with van der Waals surface area (Å²) in [6.07, 6.45) is 6.75. The molecule has 4 aromatic rings. The van der Waals surface area contributed by atoms with Gasteiger partial charge in [-0.15, -0.1) is 0 Å². The number of anilines is 1. The number of hydrogen-bond donors (Lipinski definition) is 2. The van der Waals surface area contributed by atoms with E-state index in [1.165, 1.54) is 17.3 Å². The van der Waals surface area contributed by atoms with Gasteiger partial charge in [0.2, 0.25) is 5.91 Å². The van der Waals surface area contributed by atoms with Crippen LogP contribution >= 0.6 is 0 Å². The highest BCUT2D eigenvalue weighted by atomic mass is 19.1. The Kier molecular flexibility index (Phi) is 10.7. The maximum Gasteiger partial charge on any atom is 0.222 e. The molecule has 8 heteroatoms. The van der Waals surface area contributed by atoms with E-state index in [0.29, 0.717) is 31.6 Å². The molecular formula is C36H45FN4O3. The van der Waals surface area contributed by atoms with E-state index < -0.39 is 0 Å². The average molecular weight is 601 g/mol. The molecule has 0 bridgehead atoms. The van der Waals surface area contributed by atoms with Gasteiger partial charge in [0.1, 0.15) is 11.6 Å². The minimum Gasteiger partial charge on any atom is -0.394 e. The Morgan fingerprint density at radius 3 is 2.66 bits per heavy atom. The Bertz CT molecular complexity index is 1530. The van der Waals surface area contributed by atoms with E-state index in [0.717, 1.165) is 66.5 Å². The molecule has 5 rings (SSSR count). The Labute approximate surface area is 260 Å². The van der Waals surface area contributed by atoms with Crippen LogP contribution in [0.4, 0.5) is 10.2 Å².